The van der Waals surface area contributed by atoms with Crippen molar-refractivity contribution >= 4 is 33.1 Å². The molecule has 0 radical (unpaired) electrons. The maximum Gasteiger partial charge on any atom is 0.0471 e. The summed E-state index contributed by atoms with van der Waals surface area (Å²) < 4.78 is 0. The van der Waals surface area contributed by atoms with Crippen molar-refractivity contribution < 1.29 is 0 Å². The van der Waals surface area contributed by atoms with E-state index in [1.54, 1.807) is 11.3 Å². The molecule has 0 aliphatic carbocycles. The molecule has 2 aromatic heterocycles. The van der Waals surface area contributed by atoms with E-state index < -0.39 is 0 Å². The van der Waals surface area contributed by atoms with Gasteiger partial charge >= 0.3 is 0 Å². The van der Waals surface area contributed by atoms with Crippen LogP contribution in [0, 0.1) is 0 Å². The molecule has 2 heteroatoms. The molecule has 0 fully saturated rings. The molecule has 0 aliphatic heterocycles. The molecule has 86 valence electrons. The van der Waals surface area contributed by atoms with E-state index in [0.717, 1.165) is 0 Å². The first-order chi connectivity index (χ1) is 8.93. The SMILES string of the molecule is c1csc(-c2cccc3[nH]c4ccccc4c23)c1. The molecule has 0 atom stereocenters. The van der Waals surface area contributed by atoms with Crippen molar-refractivity contribution in [1.29, 1.82) is 0 Å². The molecule has 0 bridgehead atoms. The quantitative estimate of drug-likeness (QED) is 0.486. The Morgan fingerprint density at radius 2 is 1.67 bits per heavy atom. The average molecular weight is 249 g/mol. The number of rotatable bonds is 1. The van der Waals surface area contributed by atoms with Crippen LogP contribution in [0.4, 0.5) is 0 Å². The Labute approximate surface area is 109 Å². The van der Waals surface area contributed by atoms with E-state index >= 15 is 0 Å². The summed E-state index contributed by atoms with van der Waals surface area (Å²) in [6.07, 6.45) is 0. The Morgan fingerprint density at radius 1 is 0.778 bits per heavy atom. The molecule has 2 heterocycles. The van der Waals surface area contributed by atoms with E-state index in [0.29, 0.717) is 0 Å². The minimum Gasteiger partial charge on any atom is -0.354 e. The van der Waals surface area contributed by atoms with Crippen molar-refractivity contribution in [3.63, 3.8) is 0 Å². The average Bonchev–Trinajstić information content (AvgIpc) is 3.05. The molecule has 4 aromatic rings. The van der Waals surface area contributed by atoms with Crippen LogP contribution in [-0.2, 0) is 0 Å². The third-order valence-corrected chi connectivity index (χ3v) is 4.22. The number of hydrogen-bond acceptors (Lipinski definition) is 1. The lowest BCUT2D eigenvalue weighted by Crippen LogP contribution is -1.74. The van der Waals surface area contributed by atoms with Crippen LogP contribution in [-0.4, -0.2) is 4.98 Å². The zero-order valence-corrected chi connectivity index (χ0v) is 10.5. The summed E-state index contributed by atoms with van der Waals surface area (Å²) in [4.78, 5) is 4.81. The van der Waals surface area contributed by atoms with Crippen LogP contribution in [0.1, 0.15) is 0 Å². The van der Waals surface area contributed by atoms with Crippen molar-refractivity contribution in [3.8, 4) is 10.4 Å². The molecule has 1 nitrogen and oxygen atoms in total. The van der Waals surface area contributed by atoms with Crippen LogP contribution in [0.2, 0.25) is 0 Å². The first kappa shape index (κ1) is 9.92. The Hall–Kier alpha value is -2.06. The van der Waals surface area contributed by atoms with Gasteiger partial charge in [0.1, 0.15) is 0 Å². The van der Waals surface area contributed by atoms with E-state index in [1.165, 1.54) is 32.2 Å². The highest BCUT2D eigenvalue weighted by molar-refractivity contribution is 7.13. The molecular weight excluding hydrogens is 238 g/mol. The molecule has 0 saturated carbocycles. The fraction of sp³-hybridized carbons (Fsp3) is 0. The van der Waals surface area contributed by atoms with Crippen LogP contribution in [0.25, 0.3) is 32.2 Å². The molecule has 0 spiro atoms. The van der Waals surface area contributed by atoms with Crippen molar-refractivity contribution in [1.82, 2.24) is 4.98 Å². The molecule has 0 saturated heterocycles. The van der Waals surface area contributed by atoms with Crippen LogP contribution >= 0.6 is 11.3 Å². The van der Waals surface area contributed by atoms with Crippen LogP contribution in [0.15, 0.2) is 60.0 Å². The molecule has 2 aromatic carbocycles. The summed E-state index contributed by atoms with van der Waals surface area (Å²) in [5.41, 5.74) is 3.73. The van der Waals surface area contributed by atoms with Gasteiger partial charge in [-0.3, -0.25) is 0 Å². The van der Waals surface area contributed by atoms with E-state index in [2.05, 4.69) is 65.0 Å². The van der Waals surface area contributed by atoms with E-state index in [-0.39, 0.29) is 0 Å². The smallest absolute Gasteiger partial charge is 0.0471 e. The minimum atomic E-state index is 1.21. The number of aromatic amines is 1. The first-order valence-electron chi connectivity index (χ1n) is 5.97. The van der Waals surface area contributed by atoms with Gasteiger partial charge in [-0.2, -0.15) is 0 Å². The zero-order valence-electron chi connectivity index (χ0n) is 9.68. The van der Waals surface area contributed by atoms with E-state index in [9.17, 15) is 0 Å². The normalized spacial score (nSPS) is 11.3. The highest BCUT2D eigenvalue weighted by atomic mass is 32.1. The number of para-hydroxylation sites is 1. The van der Waals surface area contributed by atoms with Gasteiger partial charge in [0, 0.05) is 32.2 Å². The predicted molar refractivity (Wildman–Crippen MR) is 79.1 cm³/mol. The predicted octanol–water partition coefficient (Wildman–Crippen LogP) is 5.05. The maximum absolute atomic E-state index is 3.48. The third-order valence-electron chi connectivity index (χ3n) is 3.32. The maximum atomic E-state index is 3.48. The number of nitrogens with one attached hydrogen (secondary N) is 1. The molecule has 0 amide bonds. The standard InChI is InChI=1S/C16H11NS/c1-2-7-13-11(5-1)16-12(15-9-4-10-18-15)6-3-8-14(16)17-13/h1-10,17H. The summed E-state index contributed by atoms with van der Waals surface area (Å²) in [6.45, 7) is 0. The largest absolute Gasteiger partial charge is 0.354 e. The Bertz CT molecular complexity index is 825. The van der Waals surface area contributed by atoms with E-state index in [4.69, 9.17) is 0 Å². The second-order valence-corrected chi connectivity index (χ2v) is 5.32. The minimum absolute atomic E-state index is 1.21. The second-order valence-electron chi connectivity index (χ2n) is 4.38. The van der Waals surface area contributed by atoms with Gasteiger partial charge < -0.3 is 4.98 Å². The van der Waals surface area contributed by atoms with Gasteiger partial charge in [0.15, 0.2) is 0 Å². The van der Waals surface area contributed by atoms with Gasteiger partial charge in [-0.15, -0.1) is 11.3 Å². The summed E-state index contributed by atoms with van der Waals surface area (Å²) in [5, 5.41) is 4.76. The fourth-order valence-electron chi connectivity index (χ4n) is 2.54. The fourth-order valence-corrected chi connectivity index (χ4v) is 3.30. The van der Waals surface area contributed by atoms with Crippen LogP contribution < -0.4 is 0 Å². The van der Waals surface area contributed by atoms with Gasteiger partial charge in [0.25, 0.3) is 0 Å². The van der Waals surface area contributed by atoms with Crippen molar-refractivity contribution in [3.05, 3.63) is 60.0 Å². The lowest BCUT2D eigenvalue weighted by Gasteiger charge is -2.00. The lowest BCUT2D eigenvalue weighted by molar-refractivity contribution is 1.55. The second kappa shape index (κ2) is 3.72. The van der Waals surface area contributed by atoms with Crippen molar-refractivity contribution in [2.75, 3.05) is 0 Å². The van der Waals surface area contributed by atoms with Crippen molar-refractivity contribution in [2.45, 2.75) is 0 Å². The van der Waals surface area contributed by atoms with Gasteiger partial charge in [-0.1, -0.05) is 36.4 Å². The molecule has 4 rings (SSSR count). The lowest BCUT2D eigenvalue weighted by atomic mass is 10.1. The van der Waals surface area contributed by atoms with Crippen LogP contribution in [0.5, 0.6) is 0 Å². The number of benzene rings is 2. The molecule has 0 unspecified atom stereocenters. The summed E-state index contributed by atoms with van der Waals surface area (Å²) >= 11 is 1.79. The number of aromatic nitrogens is 1. The van der Waals surface area contributed by atoms with Crippen molar-refractivity contribution in [2.24, 2.45) is 0 Å². The summed E-state index contributed by atoms with van der Waals surface area (Å²) in [7, 11) is 0. The highest BCUT2D eigenvalue weighted by Gasteiger charge is 2.09. The number of H-pyrrole nitrogens is 1. The van der Waals surface area contributed by atoms with Gasteiger partial charge in [0.2, 0.25) is 0 Å². The molecule has 1 N–H and O–H groups in total. The first-order valence-corrected chi connectivity index (χ1v) is 6.85. The van der Waals surface area contributed by atoms with Gasteiger partial charge in [-0.25, -0.2) is 0 Å². The topological polar surface area (TPSA) is 15.8 Å². The van der Waals surface area contributed by atoms with Gasteiger partial charge in [0.05, 0.1) is 0 Å². The Balaban J connectivity index is 2.21. The third kappa shape index (κ3) is 1.33. The monoisotopic (exact) mass is 249 g/mol. The van der Waals surface area contributed by atoms with Gasteiger partial charge in [-0.05, 0) is 23.6 Å². The zero-order chi connectivity index (χ0) is 11.9. The number of thiophene rings is 1. The number of hydrogen-bond donors (Lipinski definition) is 1. The molecule has 0 aliphatic rings. The summed E-state index contributed by atoms with van der Waals surface area (Å²) in [5.74, 6) is 0. The molecule has 18 heavy (non-hydrogen) atoms. The highest BCUT2D eigenvalue weighted by Crippen LogP contribution is 2.36. The Kier molecular flexibility index (Phi) is 2.05. The Morgan fingerprint density at radius 3 is 2.56 bits per heavy atom. The van der Waals surface area contributed by atoms with Crippen LogP contribution in [0.3, 0.4) is 0 Å². The van der Waals surface area contributed by atoms with E-state index in [1.807, 2.05) is 0 Å². The summed E-state index contributed by atoms with van der Waals surface area (Å²) in [6, 6.07) is 19.2. The molecular formula is C16H11NS. The number of fused-ring (bicyclic) bond motifs is 3.